The molecule has 0 aliphatic heterocycles. The minimum Gasteiger partial charge on any atom is -0.494 e. The van der Waals surface area contributed by atoms with Gasteiger partial charge in [0.05, 0.1) is 36.8 Å². The summed E-state index contributed by atoms with van der Waals surface area (Å²) < 4.78 is 16.0. The van der Waals surface area contributed by atoms with Crippen molar-refractivity contribution in [3.05, 3.63) is 58.1 Å². The fourth-order valence-electron chi connectivity index (χ4n) is 2.65. The second kappa shape index (κ2) is 8.14. The molecule has 0 saturated heterocycles. The van der Waals surface area contributed by atoms with Crippen molar-refractivity contribution in [2.24, 2.45) is 0 Å². The molecule has 3 aromatic rings. The van der Waals surface area contributed by atoms with Crippen molar-refractivity contribution in [3.63, 3.8) is 0 Å². The number of rotatable bonds is 6. The third kappa shape index (κ3) is 4.06. The van der Waals surface area contributed by atoms with Gasteiger partial charge in [0.1, 0.15) is 5.75 Å². The number of aromatic nitrogens is 2. The lowest BCUT2D eigenvalue weighted by atomic mass is 10.2. The number of hydrogen-bond acceptors (Lipinski definition) is 5. The van der Waals surface area contributed by atoms with Gasteiger partial charge in [-0.05, 0) is 36.8 Å². The molecule has 1 heterocycles. The minimum atomic E-state index is -0.314. The van der Waals surface area contributed by atoms with E-state index in [1.165, 1.54) is 14.2 Å². The molecule has 0 aliphatic rings. The Kier molecular flexibility index (Phi) is 5.66. The minimum absolute atomic E-state index is 0.267. The molecule has 0 fully saturated rings. The van der Waals surface area contributed by atoms with E-state index in [1.54, 1.807) is 18.2 Å². The molecule has 140 valence electrons. The Hall–Kier alpha value is -2.99. The fraction of sp³-hybridized carbons (Fsp3) is 0.200. The molecule has 1 aromatic heterocycles. The van der Waals surface area contributed by atoms with Crippen LogP contribution >= 0.6 is 11.6 Å². The summed E-state index contributed by atoms with van der Waals surface area (Å²) in [6.45, 7) is 2.49. The van der Waals surface area contributed by atoms with Crippen LogP contribution in [0.25, 0.3) is 22.0 Å². The Labute approximate surface area is 161 Å². The van der Waals surface area contributed by atoms with Crippen molar-refractivity contribution in [2.75, 3.05) is 20.8 Å². The van der Waals surface area contributed by atoms with Crippen LogP contribution in [-0.2, 0) is 0 Å². The summed E-state index contributed by atoms with van der Waals surface area (Å²) in [5, 5.41) is 0.691. The average molecular weight is 387 g/mol. The molecule has 1 N–H and O–H groups in total. The van der Waals surface area contributed by atoms with E-state index in [-0.39, 0.29) is 11.4 Å². The number of aromatic amines is 1. The highest BCUT2D eigenvalue weighted by Gasteiger charge is 2.12. The van der Waals surface area contributed by atoms with Gasteiger partial charge in [-0.2, -0.15) is 0 Å². The van der Waals surface area contributed by atoms with Gasteiger partial charge in [0.15, 0.2) is 17.3 Å². The summed E-state index contributed by atoms with van der Waals surface area (Å²) in [5.41, 5.74) is 0.979. The molecule has 0 saturated carbocycles. The first-order chi connectivity index (χ1) is 13.0. The standard InChI is InChI=1S/C20H19ClN2O4/c1-4-27-13-7-5-6-12(8-13)9-15(21)19-22-16-11-18(26-3)17(25-2)10-14(16)20(24)23-19/h5-11H,4H2,1-3H3,(H,22,23,24)/b15-9-. The third-order valence-corrected chi connectivity index (χ3v) is 4.19. The van der Waals surface area contributed by atoms with Crippen LogP contribution in [-0.4, -0.2) is 30.8 Å². The van der Waals surface area contributed by atoms with E-state index in [2.05, 4.69) is 9.97 Å². The molecule has 6 nitrogen and oxygen atoms in total. The summed E-state index contributed by atoms with van der Waals surface area (Å²) in [4.78, 5) is 19.6. The monoisotopic (exact) mass is 386 g/mol. The van der Waals surface area contributed by atoms with E-state index in [9.17, 15) is 4.79 Å². The van der Waals surface area contributed by atoms with Gasteiger partial charge in [0.2, 0.25) is 0 Å². The van der Waals surface area contributed by atoms with E-state index in [1.807, 2.05) is 31.2 Å². The summed E-state index contributed by atoms with van der Waals surface area (Å²) in [5.74, 6) is 1.95. The van der Waals surface area contributed by atoms with Crippen LogP contribution in [0.4, 0.5) is 0 Å². The molecule has 0 bridgehead atoms. The van der Waals surface area contributed by atoms with Gasteiger partial charge in [-0.3, -0.25) is 4.79 Å². The number of nitrogens with one attached hydrogen (secondary N) is 1. The molecule has 7 heteroatoms. The maximum atomic E-state index is 12.5. The molecule has 0 aliphatic carbocycles. The zero-order valence-corrected chi connectivity index (χ0v) is 16.0. The van der Waals surface area contributed by atoms with Crippen LogP contribution < -0.4 is 19.8 Å². The number of halogens is 1. The van der Waals surface area contributed by atoms with Crippen LogP contribution in [0.1, 0.15) is 18.3 Å². The lowest BCUT2D eigenvalue weighted by molar-refractivity contribution is 0.340. The predicted octanol–water partition coefficient (Wildman–Crippen LogP) is 4.08. The number of benzene rings is 2. The summed E-state index contributed by atoms with van der Waals surface area (Å²) in [6, 6.07) is 10.7. The van der Waals surface area contributed by atoms with Crippen molar-refractivity contribution < 1.29 is 14.2 Å². The first kappa shape index (κ1) is 18.8. The number of fused-ring (bicyclic) bond motifs is 1. The van der Waals surface area contributed by atoms with E-state index in [0.717, 1.165) is 11.3 Å². The van der Waals surface area contributed by atoms with Gasteiger partial charge in [-0.1, -0.05) is 23.7 Å². The highest BCUT2D eigenvalue weighted by Crippen LogP contribution is 2.30. The Morgan fingerprint density at radius 1 is 1.19 bits per heavy atom. The van der Waals surface area contributed by atoms with Gasteiger partial charge in [-0.15, -0.1) is 0 Å². The second-order valence-electron chi connectivity index (χ2n) is 5.64. The van der Waals surface area contributed by atoms with E-state index in [0.29, 0.717) is 34.0 Å². The van der Waals surface area contributed by atoms with Gasteiger partial charge in [0.25, 0.3) is 5.56 Å². The Bertz CT molecular complexity index is 1060. The molecule has 0 unspecified atom stereocenters. The summed E-state index contributed by atoms with van der Waals surface area (Å²) in [7, 11) is 3.03. The topological polar surface area (TPSA) is 73.4 Å². The summed E-state index contributed by atoms with van der Waals surface area (Å²) in [6.07, 6.45) is 1.72. The van der Waals surface area contributed by atoms with Crippen LogP contribution in [0.15, 0.2) is 41.2 Å². The Morgan fingerprint density at radius 3 is 2.63 bits per heavy atom. The SMILES string of the molecule is CCOc1cccc(/C=C(\Cl)c2nc3cc(OC)c(OC)cc3c(=O)[nH]2)c1. The maximum Gasteiger partial charge on any atom is 0.259 e. The molecule has 0 atom stereocenters. The molecule has 27 heavy (non-hydrogen) atoms. The number of hydrogen-bond donors (Lipinski definition) is 1. The Morgan fingerprint density at radius 2 is 1.93 bits per heavy atom. The number of methoxy groups -OCH3 is 2. The van der Waals surface area contributed by atoms with E-state index >= 15 is 0 Å². The van der Waals surface area contributed by atoms with Gasteiger partial charge in [-0.25, -0.2) is 4.98 Å². The largest absolute Gasteiger partial charge is 0.494 e. The van der Waals surface area contributed by atoms with Crippen molar-refractivity contribution in [1.82, 2.24) is 9.97 Å². The van der Waals surface area contributed by atoms with E-state index in [4.69, 9.17) is 25.8 Å². The molecule has 2 aromatic carbocycles. The van der Waals surface area contributed by atoms with Crippen LogP contribution in [0, 0.1) is 0 Å². The van der Waals surface area contributed by atoms with Crippen molar-refractivity contribution in [2.45, 2.75) is 6.92 Å². The lowest BCUT2D eigenvalue weighted by Crippen LogP contribution is -2.11. The zero-order chi connectivity index (χ0) is 19.4. The molecular formula is C20H19ClN2O4. The highest BCUT2D eigenvalue weighted by atomic mass is 35.5. The fourth-order valence-corrected chi connectivity index (χ4v) is 2.87. The maximum absolute atomic E-state index is 12.5. The van der Waals surface area contributed by atoms with Gasteiger partial charge in [0, 0.05) is 6.07 Å². The quantitative estimate of drug-likeness (QED) is 0.691. The number of nitrogens with zero attached hydrogens (tertiary/aromatic N) is 1. The van der Waals surface area contributed by atoms with Crippen molar-refractivity contribution in [1.29, 1.82) is 0 Å². The first-order valence-corrected chi connectivity index (χ1v) is 8.70. The predicted molar refractivity (Wildman–Crippen MR) is 107 cm³/mol. The van der Waals surface area contributed by atoms with Crippen LogP contribution in [0.2, 0.25) is 0 Å². The molecule has 0 amide bonds. The first-order valence-electron chi connectivity index (χ1n) is 8.32. The number of H-pyrrole nitrogens is 1. The molecule has 0 spiro atoms. The van der Waals surface area contributed by atoms with Crippen molar-refractivity contribution >= 4 is 33.6 Å². The molecule has 3 rings (SSSR count). The average Bonchev–Trinajstić information content (AvgIpc) is 2.67. The van der Waals surface area contributed by atoms with Gasteiger partial charge >= 0.3 is 0 Å². The molecule has 0 radical (unpaired) electrons. The Balaban J connectivity index is 2.05. The smallest absolute Gasteiger partial charge is 0.259 e. The third-order valence-electron chi connectivity index (χ3n) is 3.90. The second-order valence-corrected chi connectivity index (χ2v) is 6.04. The number of ether oxygens (including phenoxy) is 3. The summed E-state index contributed by atoms with van der Waals surface area (Å²) >= 11 is 6.41. The normalized spacial score (nSPS) is 11.5. The van der Waals surface area contributed by atoms with Crippen LogP contribution in [0.3, 0.4) is 0 Å². The van der Waals surface area contributed by atoms with Crippen LogP contribution in [0.5, 0.6) is 17.2 Å². The van der Waals surface area contributed by atoms with E-state index < -0.39 is 0 Å². The van der Waals surface area contributed by atoms with Crippen molar-refractivity contribution in [3.8, 4) is 17.2 Å². The zero-order valence-electron chi connectivity index (χ0n) is 15.2. The highest BCUT2D eigenvalue weighted by molar-refractivity contribution is 6.50. The lowest BCUT2D eigenvalue weighted by Gasteiger charge is -2.09. The molecular weight excluding hydrogens is 368 g/mol. The van der Waals surface area contributed by atoms with Gasteiger partial charge < -0.3 is 19.2 Å².